The van der Waals surface area contributed by atoms with E-state index in [0.29, 0.717) is 16.1 Å². The quantitative estimate of drug-likeness (QED) is 0.368. The number of rotatable bonds is 8. The number of ether oxygens (including phenoxy) is 1. The third kappa shape index (κ3) is 5.96. The molecule has 8 heteroatoms. The third-order valence-corrected chi connectivity index (χ3v) is 6.88. The summed E-state index contributed by atoms with van der Waals surface area (Å²) in [5.74, 6) is -0.538. The Labute approximate surface area is 209 Å². The minimum absolute atomic E-state index is 0.0557. The van der Waals surface area contributed by atoms with Crippen LogP contribution in [0, 0.1) is 0 Å². The summed E-state index contributed by atoms with van der Waals surface area (Å²) >= 11 is 1.33. The van der Waals surface area contributed by atoms with Gasteiger partial charge in [0.25, 0.3) is 0 Å². The first kappa shape index (κ1) is 24.6. The number of thiophene rings is 1. The van der Waals surface area contributed by atoms with Crippen LogP contribution in [0.15, 0.2) is 60.0 Å². The predicted molar refractivity (Wildman–Crippen MR) is 139 cm³/mol. The molecule has 1 N–H and O–H groups in total. The van der Waals surface area contributed by atoms with Crippen LogP contribution in [0.25, 0.3) is 11.1 Å². The maximum atomic E-state index is 12.9. The van der Waals surface area contributed by atoms with Gasteiger partial charge >= 0.3 is 5.97 Å². The number of carbonyl (C=O) groups is 3. The van der Waals surface area contributed by atoms with Gasteiger partial charge in [-0.15, -0.1) is 11.3 Å². The topological polar surface area (TPSA) is 79.0 Å². The van der Waals surface area contributed by atoms with Crippen molar-refractivity contribution in [3.05, 3.63) is 71.1 Å². The highest BCUT2D eigenvalue weighted by Crippen LogP contribution is 2.36. The molecule has 0 unspecified atom stereocenters. The Morgan fingerprint density at radius 1 is 0.971 bits per heavy atom. The average Bonchev–Trinajstić information content (AvgIpc) is 3.28. The van der Waals surface area contributed by atoms with E-state index < -0.39 is 5.97 Å². The molecule has 0 saturated carbocycles. The summed E-state index contributed by atoms with van der Waals surface area (Å²) in [5.41, 5.74) is 3.84. The summed E-state index contributed by atoms with van der Waals surface area (Å²) in [7, 11) is 0. The monoisotopic (exact) mass is 491 g/mol. The van der Waals surface area contributed by atoms with Gasteiger partial charge in [-0.1, -0.05) is 30.3 Å². The van der Waals surface area contributed by atoms with Crippen molar-refractivity contribution in [3.63, 3.8) is 0 Å². The molecule has 0 bridgehead atoms. The number of amides is 1. The van der Waals surface area contributed by atoms with E-state index in [-0.39, 0.29) is 24.8 Å². The average molecular weight is 492 g/mol. The lowest BCUT2D eigenvalue weighted by Gasteiger charge is -2.35. The van der Waals surface area contributed by atoms with Gasteiger partial charge < -0.3 is 15.0 Å². The van der Waals surface area contributed by atoms with Gasteiger partial charge in [0.05, 0.1) is 13.2 Å². The molecule has 0 atom stereocenters. The molecule has 4 rings (SSSR count). The van der Waals surface area contributed by atoms with Crippen molar-refractivity contribution in [3.8, 4) is 11.1 Å². The van der Waals surface area contributed by atoms with Gasteiger partial charge in [-0.05, 0) is 43.7 Å². The molecule has 2 aromatic carbocycles. The molecule has 0 radical (unpaired) electrons. The van der Waals surface area contributed by atoms with Crippen molar-refractivity contribution in [1.82, 2.24) is 4.90 Å². The first-order valence-corrected chi connectivity index (χ1v) is 12.6. The van der Waals surface area contributed by atoms with E-state index in [0.717, 1.165) is 43.0 Å². The fourth-order valence-electron chi connectivity index (χ4n) is 4.13. The number of nitrogens with one attached hydrogen (secondary N) is 1. The minimum atomic E-state index is -0.438. The lowest BCUT2D eigenvalue weighted by molar-refractivity contribution is -0.117. The van der Waals surface area contributed by atoms with Gasteiger partial charge in [-0.3, -0.25) is 14.5 Å². The van der Waals surface area contributed by atoms with Crippen LogP contribution in [0.3, 0.4) is 0 Å². The molecule has 0 spiro atoms. The summed E-state index contributed by atoms with van der Waals surface area (Å²) in [6.07, 6.45) is 0. The van der Waals surface area contributed by atoms with Crippen molar-refractivity contribution in [2.75, 3.05) is 49.5 Å². The summed E-state index contributed by atoms with van der Waals surface area (Å²) in [6, 6.07) is 17.3. The molecule has 35 heavy (non-hydrogen) atoms. The zero-order chi connectivity index (χ0) is 24.8. The first-order chi connectivity index (χ1) is 17.0. The number of esters is 1. The van der Waals surface area contributed by atoms with Crippen LogP contribution in [0.5, 0.6) is 0 Å². The number of benzene rings is 2. The summed E-state index contributed by atoms with van der Waals surface area (Å²) < 4.78 is 5.28. The molecule has 1 aromatic heterocycles. The molecular formula is C27H29N3O4S. The maximum Gasteiger partial charge on any atom is 0.341 e. The van der Waals surface area contributed by atoms with E-state index in [1.165, 1.54) is 11.3 Å². The van der Waals surface area contributed by atoms with Crippen LogP contribution in [0.1, 0.15) is 34.6 Å². The van der Waals surface area contributed by atoms with Gasteiger partial charge in [0.1, 0.15) is 10.6 Å². The highest BCUT2D eigenvalue weighted by atomic mass is 32.1. The normalized spacial score (nSPS) is 13.9. The predicted octanol–water partition coefficient (Wildman–Crippen LogP) is 4.56. The van der Waals surface area contributed by atoms with E-state index in [1.54, 1.807) is 13.8 Å². The largest absolute Gasteiger partial charge is 0.462 e. The van der Waals surface area contributed by atoms with Crippen molar-refractivity contribution < 1.29 is 19.1 Å². The van der Waals surface area contributed by atoms with Gasteiger partial charge in [-0.2, -0.15) is 0 Å². The molecule has 1 saturated heterocycles. The minimum Gasteiger partial charge on any atom is -0.462 e. The molecule has 1 aliphatic rings. The van der Waals surface area contributed by atoms with Crippen molar-refractivity contribution in [1.29, 1.82) is 0 Å². The highest BCUT2D eigenvalue weighted by Gasteiger charge is 2.24. The number of carbonyl (C=O) groups excluding carboxylic acids is 3. The molecule has 7 nitrogen and oxygen atoms in total. The Balaban J connectivity index is 1.38. The maximum absolute atomic E-state index is 12.9. The smallest absolute Gasteiger partial charge is 0.341 e. The first-order valence-electron chi connectivity index (χ1n) is 11.7. The molecule has 0 aliphatic carbocycles. The SMILES string of the molecule is CCOC(=O)c1c(-c2ccccc2)csc1NC(=O)CN1CCN(c2ccc(C(C)=O)cc2)CC1. The van der Waals surface area contributed by atoms with Gasteiger partial charge in [0.15, 0.2) is 5.78 Å². The number of anilines is 2. The fraction of sp³-hybridized carbons (Fsp3) is 0.296. The molecule has 1 fully saturated rings. The zero-order valence-electron chi connectivity index (χ0n) is 20.0. The molecule has 2 heterocycles. The van der Waals surface area contributed by atoms with Crippen LogP contribution in [0.2, 0.25) is 0 Å². The van der Waals surface area contributed by atoms with Gasteiger partial charge in [-0.25, -0.2) is 4.79 Å². The number of Topliss-reactive ketones (excluding diaryl/α,β-unsaturated/α-hetero) is 1. The number of ketones is 1. The second-order valence-corrected chi connectivity index (χ2v) is 9.23. The lowest BCUT2D eigenvalue weighted by atomic mass is 10.0. The number of piperazine rings is 1. The Bertz CT molecular complexity index is 1180. The number of hydrogen-bond donors (Lipinski definition) is 1. The van der Waals surface area contributed by atoms with E-state index in [2.05, 4.69) is 15.1 Å². The Morgan fingerprint density at radius 2 is 1.66 bits per heavy atom. The molecule has 3 aromatic rings. The molecule has 182 valence electrons. The molecule has 1 amide bonds. The van der Waals surface area contributed by atoms with E-state index in [4.69, 9.17) is 4.74 Å². The Hall–Kier alpha value is -3.49. The van der Waals surface area contributed by atoms with Crippen LogP contribution < -0.4 is 10.2 Å². The van der Waals surface area contributed by atoms with Crippen LogP contribution in [0.4, 0.5) is 10.7 Å². The van der Waals surface area contributed by atoms with Crippen LogP contribution in [-0.4, -0.2) is 61.9 Å². The van der Waals surface area contributed by atoms with Crippen molar-refractivity contribution in [2.45, 2.75) is 13.8 Å². The second-order valence-electron chi connectivity index (χ2n) is 8.35. The number of hydrogen-bond acceptors (Lipinski definition) is 7. The van der Waals surface area contributed by atoms with Crippen molar-refractivity contribution >= 4 is 39.7 Å². The van der Waals surface area contributed by atoms with Gasteiger partial charge in [0, 0.05) is 48.4 Å². The van der Waals surface area contributed by atoms with Gasteiger partial charge in [0.2, 0.25) is 5.91 Å². The summed E-state index contributed by atoms with van der Waals surface area (Å²) in [5, 5.41) is 5.33. The van der Waals surface area contributed by atoms with E-state index in [1.807, 2.05) is 60.0 Å². The van der Waals surface area contributed by atoms with E-state index >= 15 is 0 Å². The summed E-state index contributed by atoms with van der Waals surface area (Å²) in [6.45, 7) is 6.90. The summed E-state index contributed by atoms with van der Waals surface area (Å²) in [4.78, 5) is 41.4. The Kier molecular flexibility index (Phi) is 7.94. The highest BCUT2D eigenvalue weighted by molar-refractivity contribution is 7.15. The lowest BCUT2D eigenvalue weighted by Crippen LogP contribution is -2.48. The standard InChI is InChI=1S/C27H29N3O4S/c1-3-34-27(33)25-23(21-7-5-4-6-8-21)18-35-26(25)28-24(32)17-29-13-15-30(16-14-29)22-11-9-20(10-12-22)19(2)31/h4-12,18H,3,13-17H2,1-2H3,(H,28,32). The number of nitrogens with zero attached hydrogens (tertiary/aromatic N) is 2. The second kappa shape index (κ2) is 11.3. The van der Waals surface area contributed by atoms with Crippen LogP contribution >= 0.6 is 11.3 Å². The fourth-order valence-corrected chi connectivity index (χ4v) is 5.10. The van der Waals surface area contributed by atoms with Crippen molar-refractivity contribution in [2.24, 2.45) is 0 Å². The molecular weight excluding hydrogens is 462 g/mol. The Morgan fingerprint density at radius 3 is 2.29 bits per heavy atom. The van der Waals surface area contributed by atoms with Crippen LogP contribution in [-0.2, 0) is 9.53 Å². The van der Waals surface area contributed by atoms with E-state index in [9.17, 15) is 14.4 Å². The zero-order valence-corrected chi connectivity index (χ0v) is 20.8. The molecule has 1 aliphatic heterocycles. The third-order valence-electron chi connectivity index (χ3n) is 5.99.